The molecule has 0 radical (unpaired) electrons. The van der Waals surface area contributed by atoms with E-state index in [1.165, 1.54) is 4.90 Å². The van der Waals surface area contributed by atoms with Crippen LogP contribution in [0, 0.1) is 5.41 Å². The fourth-order valence-electron chi connectivity index (χ4n) is 3.79. The number of carbonyl (C=O) groups is 2. The number of carbonyl (C=O) groups excluding carboxylic acids is 2. The molecule has 2 aromatic rings. The molecular formula is C18H19N3O3. The Morgan fingerprint density at radius 2 is 1.79 bits per heavy atom. The van der Waals surface area contributed by atoms with Crippen LogP contribution in [0.2, 0.25) is 0 Å². The molecule has 6 nitrogen and oxygen atoms in total. The van der Waals surface area contributed by atoms with E-state index in [2.05, 4.69) is 10.2 Å². The highest BCUT2D eigenvalue weighted by Crippen LogP contribution is 2.45. The van der Waals surface area contributed by atoms with Crippen LogP contribution in [0.3, 0.4) is 0 Å². The summed E-state index contributed by atoms with van der Waals surface area (Å²) in [5.41, 5.74) is 0.344. The second-order valence-electron chi connectivity index (χ2n) is 6.67. The molecule has 0 bridgehead atoms. The molecule has 1 aromatic heterocycles. The average molecular weight is 325 g/mol. The fourth-order valence-corrected chi connectivity index (χ4v) is 3.79. The summed E-state index contributed by atoms with van der Waals surface area (Å²) >= 11 is 0. The van der Waals surface area contributed by atoms with Crippen molar-refractivity contribution in [1.29, 1.82) is 0 Å². The lowest BCUT2D eigenvalue weighted by Gasteiger charge is -2.30. The van der Waals surface area contributed by atoms with Crippen LogP contribution in [0.15, 0.2) is 34.7 Å². The molecule has 124 valence electrons. The van der Waals surface area contributed by atoms with Crippen LogP contribution in [0.4, 0.5) is 0 Å². The molecule has 0 atom stereocenters. The Kier molecular flexibility index (Phi) is 3.67. The predicted molar refractivity (Wildman–Crippen MR) is 85.4 cm³/mol. The van der Waals surface area contributed by atoms with Crippen molar-refractivity contribution < 1.29 is 14.0 Å². The van der Waals surface area contributed by atoms with Gasteiger partial charge in [-0.2, -0.15) is 0 Å². The molecule has 2 aliphatic rings. The maximum absolute atomic E-state index is 12.8. The van der Waals surface area contributed by atoms with E-state index < -0.39 is 5.41 Å². The molecule has 24 heavy (non-hydrogen) atoms. The van der Waals surface area contributed by atoms with Crippen LogP contribution in [0.5, 0.6) is 0 Å². The lowest BCUT2D eigenvalue weighted by molar-refractivity contribution is -0.143. The highest BCUT2D eigenvalue weighted by molar-refractivity contribution is 6.05. The van der Waals surface area contributed by atoms with Gasteiger partial charge in [-0.25, -0.2) is 0 Å². The number of rotatable bonds is 3. The lowest BCUT2D eigenvalue weighted by atomic mass is 9.73. The number of imide groups is 1. The van der Waals surface area contributed by atoms with Gasteiger partial charge in [-0.3, -0.25) is 14.5 Å². The molecule has 1 aromatic carbocycles. The quantitative estimate of drug-likeness (QED) is 0.811. The first-order chi connectivity index (χ1) is 11.7. The Labute approximate surface area is 139 Å². The summed E-state index contributed by atoms with van der Waals surface area (Å²) in [6, 6.07) is 9.44. The van der Waals surface area contributed by atoms with Crippen molar-refractivity contribution >= 4 is 11.8 Å². The van der Waals surface area contributed by atoms with Crippen molar-refractivity contribution in [3.63, 3.8) is 0 Å². The number of hydrogen-bond acceptors (Lipinski definition) is 5. The smallest absolute Gasteiger partial charge is 0.247 e. The van der Waals surface area contributed by atoms with Crippen molar-refractivity contribution in [3.05, 3.63) is 36.2 Å². The lowest BCUT2D eigenvalue weighted by Crippen LogP contribution is -2.36. The highest BCUT2D eigenvalue weighted by atomic mass is 16.4. The molecule has 2 amide bonds. The van der Waals surface area contributed by atoms with Crippen molar-refractivity contribution in [2.45, 2.75) is 45.1 Å². The topological polar surface area (TPSA) is 76.3 Å². The van der Waals surface area contributed by atoms with Crippen molar-refractivity contribution in [2.75, 3.05) is 0 Å². The third-order valence-corrected chi connectivity index (χ3v) is 5.08. The molecule has 6 heteroatoms. The molecule has 1 saturated carbocycles. The first-order valence-electron chi connectivity index (χ1n) is 8.41. The zero-order chi connectivity index (χ0) is 16.6. The maximum Gasteiger partial charge on any atom is 0.247 e. The van der Waals surface area contributed by atoms with Gasteiger partial charge in [0.25, 0.3) is 0 Å². The van der Waals surface area contributed by atoms with Gasteiger partial charge in [-0.1, -0.05) is 37.5 Å². The number of likely N-dealkylation sites (tertiary alicyclic amines) is 1. The third-order valence-electron chi connectivity index (χ3n) is 5.08. The first-order valence-corrected chi connectivity index (χ1v) is 8.41. The Balaban J connectivity index is 1.52. The summed E-state index contributed by atoms with van der Waals surface area (Å²) in [6.07, 6.45) is 5.14. The van der Waals surface area contributed by atoms with Crippen LogP contribution in [-0.4, -0.2) is 26.9 Å². The van der Waals surface area contributed by atoms with Crippen LogP contribution < -0.4 is 0 Å². The van der Waals surface area contributed by atoms with Gasteiger partial charge in [0.05, 0.1) is 5.41 Å². The predicted octanol–water partition coefficient (Wildman–Crippen LogP) is 2.95. The molecule has 0 N–H and O–H groups in total. The van der Waals surface area contributed by atoms with Gasteiger partial charge in [0, 0.05) is 12.0 Å². The molecule has 2 fully saturated rings. The van der Waals surface area contributed by atoms with Crippen molar-refractivity contribution in [3.8, 4) is 11.5 Å². The second-order valence-corrected chi connectivity index (χ2v) is 6.67. The van der Waals surface area contributed by atoms with E-state index >= 15 is 0 Å². The number of nitrogens with zero attached hydrogens (tertiary/aromatic N) is 3. The molecule has 1 aliphatic carbocycles. The minimum Gasteiger partial charge on any atom is -0.419 e. The van der Waals surface area contributed by atoms with E-state index in [-0.39, 0.29) is 18.4 Å². The zero-order valence-electron chi connectivity index (χ0n) is 13.4. The Morgan fingerprint density at radius 3 is 2.54 bits per heavy atom. The molecule has 1 saturated heterocycles. The summed E-state index contributed by atoms with van der Waals surface area (Å²) in [4.78, 5) is 26.4. The third kappa shape index (κ3) is 2.52. The fraction of sp³-hybridized carbons (Fsp3) is 0.444. The van der Waals surface area contributed by atoms with Crippen molar-refractivity contribution in [2.24, 2.45) is 5.41 Å². The largest absolute Gasteiger partial charge is 0.419 e. The Bertz CT molecular complexity index is 763. The average Bonchev–Trinajstić information content (AvgIpc) is 3.16. The van der Waals surface area contributed by atoms with E-state index in [1.54, 1.807) is 0 Å². The van der Waals surface area contributed by atoms with Crippen LogP contribution in [0.25, 0.3) is 11.5 Å². The summed E-state index contributed by atoms with van der Waals surface area (Å²) in [5, 5.41) is 8.01. The standard InChI is InChI=1S/C18H19N3O3/c22-15-11-18(9-5-2-6-10-18)17(23)21(15)12-14-19-20-16(24-14)13-7-3-1-4-8-13/h1,3-4,7-8H,2,5-6,9-12H2. The van der Waals surface area contributed by atoms with Gasteiger partial charge in [0.15, 0.2) is 0 Å². The van der Waals surface area contributed by atoms with Gasteiger partial charge < -0.3 is 4.42 Å². The van der Waals surface area contributed by atoms with Crippen LogP contribution in [0.1, 0.15) is 44.4 Å². The number of benzene rings is 1. The SMILES string of the molecule is O=C1CC2(CCCCC2)C(=O)N1Cc1nnc(-c2ccccc2)o1. The van der Waals surface area contributed by atoms with E-state index in [1.807, 2.05) is 30.3 Å². The van der Waals surface area contributed by atoms with Gasteiger partial charge in [0.2, 0.25) is 23.6 Å². The minimum absolute atomic E-state index is 0.0633. The van der Waals surface area contributed by atoms with Crippen molar-refractivity contribution in [1.82, 2.24) is 15.1 Å². The van der Waals surface area contributed by atoms with Crippen LogP contribution >= 0.6 is 0 Å². The zero-order valence-corrected chi connectivity index (χ0v) is 13.4. The van der Waals surface area contributed by atoms with Gasteiger partial charge >= 0.3 is 0 Å². The summed E-state index contributed by atoms with van der Waals surface area (Å²) in [7, 11) is 0. The Morgan fingerprint density at radius 1 is 1.04 bits per heavy atom. The molecule has 1 aliphatic heterocycles. The minimum atomic E-state index is -0.475. The molecule has 4 rings (SSSR count). The Hall–Kier alpha value is -2.50. The molecule has 0 unspecified atom stereocenters. The van der Waals surface area contributed by atoms with E-state index in [0.29, 0.717) is 18.2 Å². The van der Waals surface area contributed by atoms with Gasteiger partial charge in [-0.05, 0) is 25.0 Å². The molecule has 2 heterocycles. The summed E-state index contributed by atoms with van der Waals surface area (Å²) in [5.74, 6) is 0.508. The molecule has 1 spiro atoms. The summed E-state index contributed by atoms with van der Waals surface area (Å²) < 4.78 is 5.64. The maximum atomic E-state index is 12.8. The molecular weight excluding hydrogens is 306 g/mol. The second kappa shape index (κ2) is 5.85. The van der Waals surface area contributed by atoms with Gasteiger partial charge in [-0.15, -0.1) is 10.2 Å². The number of amides is 2. The van der Waals surface area contributed by atoms with E-state index in [0.717, 1.165) is 37.7 Å². The van der Waals surface area contributed by atoms with E-state index in [9.17, 15) is 9.59 Å². The normalized spacial score (nSPS) is 20.1. The summed E-state index contributed by atoms with van der Waals surface area (Å²) in [6.45, 7) is 0.0687. The number of hydrogen-bond donors (Lipinski definition) is 0. The van der Waals surface area contributed by atoms with Gasteiger partial charge in [0.1, 0.15) is 6.54 Å². The number of aromatic nitrogens is 2. The first kappa shape index (κ1) is 15.1. The van der Waals surface area contributed by atoms with E-state index in [4.69, 9.17) is 4.42 Å². The monoisotopic (exact) mass is 325 g/mol. The highest BCUT2D eigenvalue weighted by Gasteiger charge is 2.51. The van der Waals surface area contributed by atoms with Crippen LogP contribution in [-0.2, 0) is 16.1 Å².